The molecule has 0 spiro atoms. The van der Waals surface area contributed by atoms with E-state index in [1.54, 1.807) is 0 Å². The summed E-state index contributed by atoms with van der Waals surface area (Å²) in [6.07, 6.45) is 4.07. The Labute approximate surface area is 96.8 Å². The molecular formula is C11H23BrN2. The third-order valence-corrected chi connectivity index (χ3v) is 3.50. The number of hydrogen-bond donors (Lipinski definition) is 0. The molecule has 0 aromatic carbocycles. The number of likely N-dealkylation sites (tertiary alicyclic amines) is 1. The van der Waals surface area contributed by atoms with Gasteiger partial charge in [0.25, 0.3) is 0 Å². The van der Waals surface area contributed by atoms with Crippen LogP contribution in [0.5, 0.6) is 0 Å². The normalized spacial score (nSPS) is 20.6. The Balaban J connectivity index is 2.11. The molecule has 0 N–H and O–H groups in total. The molecule has 3 heteroatoms. The van der Waals surface area contributed by atoms with Crippen molar-refractivity contribution in [1.29, 1.82) is 0 Å². The van der Waals surface area contributed by atoms with Crippen LogP contribution in [0.15, 0.2) is 0 Å². The van der Waals surface area contributed by atoms with Crippen LogP contribution in [0.25, 0.3) is 0 Å². The summed E-state index contributed by atoms with van der Waals surface area (Å²) in [5.41, 5.74) is 0. The fourth-order valence-corrected chi connectivity index (χ4v) is 2.44. The minimum Gasteiger partial charge on any atom is -0.309 e. The van der Waals surface area contributed by atoms with E-state index in [0.717, 1.165) is 11.2 Å². The molecule has 84 valence electrons. The standard InChI is InChI=1S/C11H23BrN2/c1-13(2)10-11-4-8-14(9-5-11)7-3-6-12/h11H,3-10H2,1-2H3. The van der Waals surface area contributed by atoms with Crippen LogP contribution in [-0.4, -0.2) is 55.4 Å². The molecule has 0 aromatic heterocycles. The average molecular weight is 263 g/mol. The van der Waals surface area contributed by atoms with Crippen molar-refractivity contribution < 1.29 is 0 Å². The summed E-state index contributed by atoms with van der Waals surface area (Å²) in [5, 5.41) is 1.14. The Bertz CT molecular complexity index is 142. The molecule has 0 unspecified atom stereocenters. The molecule has 1 rings (SSSR count). The molecule has 1 heterocycles. The van der Waals surface area contributed by atoms with Crippen LogP contribution in [0.1, 0.15) is 19.3 Å². The van der Waals surface area contributed by atoms with E-state index in [0.29, 0.717) is 0 Å². The van der Waals surface area contributed by atoms with E-state index in [-0.39, 0.29) is 0 Å². The molecule has 0 saturated carbocycles. The summed E-state index contributed by atoms with van der Waals surface area (Å²) >= 11 is 3.49. The Hall–Kier alpha value is 0.400. The zero-order chi connectivity index (χ0) is 10.4. The minimum absolute atomic E-state index is 0.935. The minimum atomic E-state index is 0.935. The highest BCUT2D eigenvalue weighted by Crippen LogP contribution is 2.17. The van der Waals surface area contributed by atoms with Crippen molar-refractivity contribution in [3.05, 3.63) is 0 Å². The maximum absolute atomic E-state index is 3.49. The summed E-state index contributed by atoms with van der Waals surface area (Å²) in [6.45, 7) is 5.17. The van der Waals surface area contributed by atoms with Gasteiger partial charge in [0.1, 0.15) is 0 Å². The van der Waals surface area contributed by atoms with Gasteiger partial charge in [-0.3, -0.25) is 0 Å². The van der Waals surface area contributed by atoms with Crippen LogP contribution in [0.4, 0.5) is 0 Å². The van der Waals surface area contributed by atoms with Gasteiger partial charge in [-0.25, -0.2) is 0 Å². The zero-order valence-corrected chi connectivity index (χ0v) is 11.1. The van der Waals surface area contributed by atoms with Crippen LogP contribution < -0.4 is 0 Å². The molecule has 0 amide bonds. The predicted octanol–water partition coefficient (Wildman–Crippen LogP) is 2.04. The van der Waals surface area contributed by atoms with Gasteiger partial charge in [-0.15, -0.1) is 0 Å². The zero-order valence-electron chi connectivity index (χ0n) is 9.51. The van der Waals surface area contributed by atoms with E-state index in [4.69, 9.17) is 0 Å². The largest absolute Gasteiger partial charge is 0.309 e. The maximum atomic E-state index is 3.49. The average Bonchev–Trinajstić information content (AvgIpc) is 2.16. The van der Waals surface area contributed by atoms with E-state index < -0.39 is 0 Å². The van der Waals surface area contributed by atoms with Gasteiger partial charge in [-0.1, -0.05) is 15.9 Å². The van der Waals surface area contributed by atoms with E-state index in [1.165, 1.54) is 45.4 Å². The number of piperidine rings is 1. The van der Waals surface area contributed by atoms with Crippen molar-refractivity contribution >= 4 is 15.9 Å². The van der Waals surface area contributed by atoms with Gasteiger partial charge < -0.3 is 9.80 Å². The lowest BCUT2D eigenvalue weighted by Crippen LogP contribution is -2.37. The molecular weight excluding hydrogens is 240 g/mol. The van der Waals surface area contributed by atoms with Gasteiger partial charge in [-0.05, 0) is 58.9 Å². The lowest BCUT2D eigenvalue weighted by Gasteiger charge is -2.33. The molecule has 1 aliphatic heterocycles. The maximum Gasteiger partial charge on any atom is 0.00434 e. The van der Waals surface area contributed by atoms with E-state index in [2.05, 4.69) is 39.8 Å². The predicted molar refractivity (Wildman–Crippen MR) is 66.1 cm³/mol. The Morgan fingerprint density at radius 3 is 2.43 bits per heavy atom. The van der Waals surface area contributed by atoms with Crippen LogP contribution in [0, 0.1) is 5.92 Å². The number of halogens is 1. The highest BCUT2D eigenvalue weighted by Gasteiger charge is 2.18. The van der Waals surface area contributed by atoms with Gasteiger partial charge in [0.15, 0.2) is 0 Å². The molecule has 14 heavy (non-hydrogen) atoms. The molecule has 0 bridgehead atoms. The van der Waals surface area contributed by atoms with Crippen molar-refractivity contribution in [2.75, 3.05) is 45.6 Å². The number of alkyl halides is 1. The van der Waals surface area contributed by atoms with Crippen molar-refractivity contribution in [2.45, 2.75) is 19.3 Å². The van der Waals surface area contributed by atoms with Gasteiger partial charge in [-0.2, -0.15) is 0 Å². The third kappa shape index (κ3) is 4.76. The first kappa shape index (κ1) is 12.5. The Morgan fingerprint density at radius 1 is 1.29 bits per heavy atom. The smallest absolute Gasteiger partial charge is 0.00434 e. The van der Waals surface area contributed by atoms with Crippen molar-refractivity contribution in [2.24, 2.45) is 5.92 Å². The summed E-state index contributed by atoms with van der Waals surface area (Å²) < 4.78 is 0. The molecule has 1 aliphatic rings. The summed E-state index contributed by atoms with van der Waals surface area (Å²) in [6, 6.07) is 0. The second-order valence-electron chi connectivity index (χ2n) is 4.59. The van der Waals surface area contributed by atoms with E-state index in [1.807, 2.05) is 0 Å². The molecule has 2 nitrogen and oxygen atoms in total. The molecule has 0 atom stereocenters. The van der Waals surface area contributed by atoms with Crippen LogP contribution >= 0.6 is 15.9 Å². The van der Waals surface area contributed by atoms with Crippen molar-refractivity contribution in [1.82, 2.24) is 9.80 Å². The molecule has 1 saturated heterocycles. The van der Waals surface area contributed by atoms with Crippen molar-refractivity contribution in [3.63, 3.8) is 0 Å². The molecule has 1 fully saturated rings. The summed E-state index contributed by atoms with van der Waals surface area (Å²) in [4.78, 5) is 4.92. The highest BCUT2D eigenvalue weighted by atomic mass is 79.9. The van der Waals surface area contributed by atoms with E-state index in [9.17, 15) is 0 Å². The van der Waals surface area contributed by atoms with E-state index >= 15 is 0 Å². The summed E-state index contributed by atoms with van der Waals surface area (Å²) in [5.74, 6) is 0.935. The highest BCUT2D eigenvalue weighted by molar-refractivity contribution is 9.09. The molecule has 0 aliphatic carbocycles. The topological polar surface area (TPSA) is 6.48 Å². The van der Waals surface area contributed by atoms with Gasteiger partial charge in [0.05, 0.1) is 0 Å². The number of rotatable bonds is 5. The fourth-order valence-electron chi connectivity index (χ4n) is 2.19. The first-order chi connectivity index (χ1) is 6.72. The monoisotopic (exact) mass is 262 g/mol. The van der Waals surface area contributed by atoms with Gasteiger partial charge >= 0.3 is 0 Å². The Morgan fingerprint density at radius 2 is 1.93 bits per heavy atom. The first-order valence-corrected chi connectivity index (χ1v) is 6.77. The van der Waals surface area contributed by atoms with Crippen LogP contribution in [-0.2, 0) is 0 Å². The second-order valence-corrected chi connectivity index (χ2v) is 5.38. The lowest BCUT2D eigenvalue weighted by atomic mass is 9.96. The quantitative estimate of drug-likeness (QED) is 0.700. The lowest BCUT2D eigenvalue weighted by molar-refractivity contribution is 0.163. The second kappa shape index (κ2) is 6.81. The number of nitrogens with zero attached hydrogens (tertiary/aromatic N) is 2. The third-order valence-electron chi connectivity index (χ3n) is 2.94. The van der Waals surface area contributed by atoms with Gasteiger partial charge in [0, 0.05) is 11.9 Å². The van der Waals surface area contributed by atoms with Crippen LogP contribution in [0.3, 0.4) is 0 Å². The first-order valence-electron chi connectivity index (χ1n) is 5.65. The van der Waals surface area contributed by atoms with Crippen molar-refractivity contribution in [3.8, 4) is 0 Å². The van der Waals surface area contributed by atoms with Crippen LogP contribution in [0.2, 0.25) is 0 Å². The fraction of sp³-hybridized carbons (Fsp3) is 1.00. The molecule has 0 radical (unpaired) electrons. The molecule has 0 aromatic rings. The Kier molecular flexibility index (Phi) is 6.06. The number of hydrogen-bond acceptors (Lipinski definition) is 2. The SMILES string of the molecule is CN(C)CC1CCN(CCCBr)CC1. The summed E-state index contributed by atoms with van der Waals surface area (Å²) in [7, 11) is 4.36. The van der Waals surface area contributed by atoms with Gasteiger partial charge in [0.2, 0.25) is 0 Å².